The molecule has 0 aliphatic rings. The molecule has 2 aromatic heterocycles. The summed E-state index contributed by atoms with van der Waals surface area (Å²) in [7, 11) is 0. The van der Waals surface area contributed by atoms with Crippen LogP contribution in [0, 0.1) is 5.92 Å². The number of carbonyl (C=O) groups excluding carboxylic acids is 1. The highest BCUT2D eigenvalue weighted by Gasteiger charge is 2.17. The van der Waals surface area contributed by atoms with Crippen LogP contribution in [-0.2, 0) is 0 Å². The summed E-state index contributed by atoms with van der Waals surface area (Å²) in [5.41, 5.74) is -0.859. The number of hydrogen-bond acceptors (Lipinski definition) is 5. The van der Waals surface area contributed by atoms with Crippen LogP contribution >= 0.6 is 11.6 Å². The maximum atomic E-state index is 12.1. The Morgan fingerprint density at radius 2 is 2.08 bits per heavy atom. The van der Waals surface area contributed by atoms with Crippen molar-refractivity contribution < 1.29 is 4.79 Å². The standard InChI is InChI=1S/C15H18ClN5O3/c1-8(2)11(20-15-19-6-10(16)14(24)21-15)7-18-13(23)9-4-3-5-17-12(9)22/h3-6,8,11H,7H2,1-2H3,(H,17,22)(H,18,23)(H2,19,20,21,24). The first kappa shape index (κ1) is 17.7. The van der Waals surface area contributed by atoms with E-state index in [9.17, 15) is 14.4 Å². The molecular weight excluding hydrogens is 334 g/mol. The molecule has 8 nitrogen and oxygen atoms in total. The van der Waals surface area contributed by atoms with Gasteiger partial charge in [0.1, 0.15) is 10.6 Å². The fraction of sp³-hybridized carbons (Fsp3) is 0.333. The van der Waals surface area contributed by atoms with Crippen molar-refractivity contribution in [3.8, 4) is 0 Å². The molecule has 0 aromatic carbocycles. The first-order valence-corrected chi connectivity index (χ1v) is 7.73. The first-order valence-electron chi connectivity index (χ1n) is 7.35. The van der Waals surface area contributed by atoms with Crippen molar-refractivity contribution in [2.75, 3.05) is 11.9 Å². The zero-order valence-corrected chi connectivity index (χ0v) is 14.0. The molecule has 0 fully saturated rings. The van der Waals surface area contributed by atoms with Crippen LogP contribution in [0.15, 0.2) is 34.1 Å². The molecule has 4 N–H and O–H groups in total. The topological polar surface area (TPSA) is 120 Å². The second-order valence-corrected chi connectivity index (χ2v) is 5.93. The normalized spacial score (nSPS) is 12.0. The van der Waals surface area contributed by atoms with E-state index in [2.05, 4.69) is 25.6 Å². The van der Waals surface area contributed by atoms with E-state index >= 15 is 0 Å². The fourth-order valence-corrected chi connectivity index (χ4v) is 2.08. The molecule has 0 spiro atoms. The van der Waals surface area contributed by atoms with Gasteiger partial charge in [0.15, 0.2) is 0 Å². The number of nitrogens with zero attached hydrogens (tertiary/aromatic N) is 1. The molecule has 24 heavy (non-hydrogen) atoms. The van der Waals surface area contributed by atoms with Crippen molar-refractivity contribution in [2.45, 2.75) is 19.9 Å². The summed E-state index contributed by atoms with van der Waals surface area (Å²) in [5.74, 6) is -0.0860. The number of halogens is 1. The van der Waals surface area contributed by atoms with Crippen molar-refractivity contribution >= 4 is 23.5 Å². The highest BCUT2D eigenvalue weighted by atomic mass is 35.5. The number of amides is 1. The van der Waals surface area contributed by atoms with Gasteiger partial charge >= 0.3 is 0 Å². The number of nitrogens with one attached hydrogen (secondary N) is 4. The van der Waals surface area contributed by atoms with Crippen molar-refractivity contribution in [1.29, 1.82) is 0 Å². The van der Waals surface area contributed by atoms with Gasteiger partial charge in [-0.15, -0.1) is 0 Å². The quantitative estimate of drug-likeness (QED) is 0.618. The lowest BCUT2D eigenvalue weighted by Crippen LogP contribution is -2.41. The molecule has 0 bridgehead atoms. The van der Waals surface area contributed by atoms with Crippen molar-refractivity contribution in [3.63, 3.8) is 0 Å². The Balaban J connectivity index is 2.05. The van der Waals surface area contributed by atoms with Gasteiger partial charge in [-0.25, -0.2) is 4.98 Å². The lowest BCUT2D eigenvalue weighted by Gasteiger charge is -2.23. The maximum Gasteiger partial charge on any atom is 0.271 e. The average molecular weight is 352 g/mol. The number of pyridine rings is 1. The summed E-state index contributed by atoms with van der Waals surface area (Å²) in [5, 5.41) is 5.74. The van der Waals surface area contributed by atoms with Crippen LogP contribution in [-0.4, -0.2) is 33.4 Å². The van der Waals surface area contributed by atoms with Crippen LogP contribution in [0.1, 0.15) is 24.2 Å². The smallest absolute Gasteiger partial charge is 0.271 e. The number of H-pyrrole nitrogens is 2. The van der Waals surface area contributed by atoms with Gasteiger partial charge in [-0.3, -0.25) is 19.4 Å². The number of rotatable bonds is 6. The van der Waals surface area contributed by atoms with E-state index in [-0.39, 0.29) is 35.0 Å². The first-order chi connectivity index (χ1) is 11.4. The zero-order valence-electron chi connectivity index (χ0n) is 13.2. The van der Waals surface area contributed by atoms with Gasteiger partial charge in [-0.2, -0.15) is 0 Å². The van der Waals surface area contributed by atoms with Crippen molar-refractivity contribution in [1.82, 2.24) is 20.3 Å². The Labute approximate surface area is 142 Å². The Hall–Kier alpha value is -2.61. The Bertz CT molecular complexity index is 830. The van der Waals surface area contributed by atoms with E-state index in [0.717, 1.165) is 0 Å². The zero-order chi connectivity index (χ0) is 17.7. The molecule has 9 heteroatoms. The molecule has 1 atom stereocenters. The number of aromatic nitrogens is 3. The minimum absolute atomic E-state index is 0.00162. The summed E-state index contributed by atoms with van der Waals surface area (Å²) in [4.78, 5) is 44.2. The highest BCUT2D eigenvalue weighted by molar-refractivity contribution is 6.30. The average Bonchev–Trinajstić information content (AvgIpc) is 2.54. The predicted molar refractivity (Wildman–Crippen MR) is 91.5 cm³/mol. The van der Waals surface area contributed by atoms with Crippen LogP contribution in [0.4, 0.5) is 5.95 Å². The van der Waals surface area contributed by atoms with Gasteiger partial charge in [0.2, 0.25) is 5.95 Å². The van der Waals surface area contributed by atoms with Gasteiger partial charge in [-0.05, 0) is 18.1 Å². The molecule has 0 radical (unpaired) electrons. The Morgan fingerprint density at radius 1 is 1.33 bits per heavy atom. The third-order valence-corrected chi connectivity index (χ3v) is 3.70. The van der Waals surface area contributed by atoms with Gasteiger partial charge < -0.3 is 15.6 Å². The SMILES string of the molecule is CC(C)C(CNC(=O)c1ccc[nH]c1=O)Nc1ncc(Cl)c(=O)[nH]1. The van der Waals surface area contributed by atoms with Crippen LogP contribution < -0.4 is 21.8 Å². The van der Waals surface area contributed by atoms with Crippen LogP contribution in [0.25, 0.3) is 0 Å². The molecular formula is C15H18ClN5O3. The molecule has 1 amide bonds. The number of aromatic amines is 2. The lowest BCUT2D eigenvalue weighted by molar-refractivity contribution is 0.0948. The van der Waals surface area contributed by atoms with E-state index in [0.29, 0.717) is 0 Å². The second kappa shape index (κ2) is 7.78. The number of anilines is 1. The number of hydrogen-bond donors (Lipinski definition) is 4. The molecule has 1 unspecified atom stereocenters. The minimum Gasteiger partial charge on any atom is -0.351 e. The molecule has 2 aromatic rings. The van der Waals surface area contributed by atoms with Crippen molar-refractivity contribution in [3.05, 3.63) is 55.8 Å². The Morgan fingerprint density at radius 3 is 2.71 bits per heavy atom. The predicted octanol–water partition coefficient (Wildman–Crippen LogP) is 0.978. The lowest BCUT2D eigenvalue weighted by atomic mass is 10.0. The summed E-state index contributed by atoms with van der Waals surface area (Å²) < 4.78 is 0. The van der Waals surface area contributed by atoms with E-state index in [1.807, 2.05) is 13.8 Å². The molecule has 128 valence electrons. The molecule has 0 saturated heterocycles. The molecule has 2 heterocycles. The van der Waals surface area contributed by atoms with E-state index in [1.165, 1.54) is 18.5 Å². The molecule has 0 aliphatic heterocycles. The summed E-state index contributed by atoms with van der Waals surface area (Å²) >= 11 is 5.64. The van der Waals surface area contributed by atoms with Crippen LogP contribution in [0.3, 0.4) is 0 Å². The second-order valence-electron chi connectivity index (χ2n) is 5.53. The molecule has 2 rings (SSSR count). The summed E-state index contributed by atoms with van der Waals surface area (Å²) in [6.45, 7) is 4.15. The largest absolute Gasteiger partial charge is 0.351 e. The summed E-state index contributed by atoms with van der Waals surface area (Å²) in [6.07, 6.45) is 2.71. The highest BCUT2D eigenvalue weighted by Crippen LogP contribution is 2.08. The third kappa shape index (κ3) is 4.45. The third-order valence-electron chi connectivity index (χ3n) is 3.43. The van der Waals surface area contributed by atoms with Gasteiger partial charge in [0, 0.05) is 18.8 Å². The van der Waals surface area contributed by atoms with Gasteiger partial charge in [0.25, 0.3) is 17.0 Å². The van der Waals surface area contributed by atoms with E-state index < -0.39 is 17.0 Å². The monoisotopic (exact) mass is 351 g/mol. The Kier molecular flexibility index (Phi) is 5.75. The van der Waals surface area contributed by atoms with Gasteiger partial charge in [-0.1, -0.05) is 25.4 Å². The van der Waals surface area contributed by atoms with E-state index in [4.69, 9.17) is 11.6 Å². The number of carbonyl (C=O) groups is 1. The van der Waals surface area contributed by atoms with Crippen LogP contribution in [0.2, 0.25) is 5.02 Å². The fourth-order valence-electron chi connectivity index (χ4n) is 1.98. The molecule has 0 aliphatic carbocycles. The van der Waals surface area contributed by atoms with E-state index in [1.54, 1.807) is 6.07 Å². The minimum atomic E-state index is -0.471. The maximum absolute atomic E-state index is 12.1. The summed E-state index contributed by atoms with van der Waals surface area (Å²) in [6, 6.07) is 2.82. The van der Waals surface area contributed by atoms with Gasteiger partial charge in [0.05, 0.1) is 6.20 Å². The van der Waals surface area contributed by atoms with Crippen molar-refractivity contribution in [2.24, 2.45) is 5.92 Å². The molecule has 0 saturated carbocycles. The van der Waals surface area contributed by atoms with Crippen LogP contribution in [0.5, 0.6) is 0 Å².